The van der Waals surface area contributed by atoms with Gasteiger partial charge in [-0.1, -0.05) is 0 Å². The third kappa shape index (κ3) is 2.66. The smallest absolute Gasteiger partial charge is 0.323 e. The van der Waals surface area contributed by atoms with Crippen molar-refractivity contribution in [1.29, 1.82) is 0 Å². The number of hydrogen-bond donors (Lipinski definition) is 1. The number of rotatable bonds is 4. The van der Waals surface area contributed by atoms with E-state index in [1.54, 1.807) is 11.8 Å². The molecule has 2 N–H and O–H groups in total. The first-order chi connectivity index (χ1) is 5.74. The molecule has 1 aliphatic heterocycles. The lowest BCUT2D eigenvalue weighted by molar-refractivity contribution is -0.141. The van der Waals surface area contributed by atoms with Gasteiger partial charge in [0.15, 0.2) is 0 Å². The molecule has 0 aromatic carbocycles. The Morgan fingerprint density at radius 1 is 1.83 bits per heavy atom. The Morgan fingerprint density at radius 3 is 2.92 bits per heavy atom. The minimum atomic E-state index is -0.499. The standard InChI is InChI=1S/C7H13NO3S/c1-10-7(9)6(8)4-12-5-2-11-3-5/h5-6H,2-4,8H2,1H3. The number of thioether (sulfide) groups is 1. The summed E-state index contributed by atoms with van der Waals surface area (Å²) in [6.07, 6.45) is 0. The predicted molar refractivity (Wildman–Crippen MR) is 47.1 cm³/mol. The van der Waals surface area contributed by atoms with Gasteiger partial charge in [-0.25, -0.2) is 0 Å². The summed E-state index contributed by atoms with van der Waals surface area (Å²) in [5.41, 5.74) is 5.52. The number of esters is 1. The molecule has 1 saturated heterocycles. The lowest BCUT2D eigenvalue weighted by atomic mass is 10.4. The van der Waals surface area contributed by atoms with E-state index >= 15 is 0 Å². The van der Waals surface area contributed by atoms with Crippen molar-refractivity contribution in [3.63, 3.8) is 0 Å². The average Bonchev–Trinajstić information content (AvgIpc) is 2.00. The molecule has 12 heavy (non-hydrogen) atoms. The van der Waals surface area contributed by atoms with Gasteiger partial charge in [0.25, 0.3) is 0 Å². The van der Waals surface area contributed by atoms with Gasteiger partial charge in [0.2, 0.25) is 0 Å². The van der Waals surface area contributed by atoms with Gasteiger partial charge in [-0.2, -0.15) is 11.8 Å². The summed E-state index contributed by atoms with van der Waals surface area (Å²) in [5, 5.41) is 0.515. The molecule has 5 heteroatoms. The van der Waals surface area contributed by atoms with Crippen molar-refractivity contribution in [2.75, 3.05) is 26.1 Å². The summed E-state index contributed by atoms with van der Waals surface area (Å²) in [4.78, 5) is 10.8. The zero-order chi connectivity index (χ0) is 8.97. The van der Waals surface area contributed by atoms with Crippen LogP contribution in [0.25, 0.3) is 0 Å². The topological polar surface area (TPSA) is 61.5 Å². The molecule has 0 aromatic heterocycles. The van der Waals surface area contributed by atoms with E-state index in [0.29, 0.717) is 11.0 Å². The Labute approximate surface area is 75.8 Å². The van der Waals surface area contributed by atoms with Crippen molar-refractivity contribution in [2.24, 2.45) is 5.73 Å². The molecule has 0 bridgehead atoms. The first kappa shape index (κ1) is 9.83. The largest absolute Gasteiger partial charge is 0.468 e. The molecule has 70 valence electrons. The van der Waals surface area contributed by atoms with Crippen molar-refractivity contribution in [3.05, 3.63) is 0 Å². The predicted octanol–water partition coefficient (Wildman–Crippen LogP) is -0.381. The van der Waals surface area contributed by atoms with Crippen molar-refractivity contribution in [1.82, 2.24) is 0 Å². The van der Waals surface area contributed by atoms with E-state index in [1.807, 2.05) is 0 Å². The van der Waals surface area contributed by atoms with E-state index in [2.05, 4.69) is 4.74 Å². The van der Waals surface area contributed by atoms with Crippen molar-refractivity contribution in [3.8, 4) is 0 Å². The number of carbonyl (C=O) groups is 1. The molecule has 0 aromatic rings. The van der Waals surface area contributed by atoms with Crippen LogP contribution in [0.4, 0.5) is 0 Å². The Kier molecular flexibility index (Phi) is 3.84. The molecule has 0 aliphatic carbocycles. The molecule has 1 fully saturated rings. The summed E-state index contributed by atoms with van der Waals surface area (Å²) in [7, 11) is 1.35. The minimum Gasteiger partial charge on any atom is -0.468 e. The molecule has 1 heterocycles. The summed E-state index contributed by atoms with van der Waals surface area (Å²) in [5.74, 6) is 0.267. The quantitative estimate of drug-likeness (QED) is 0.614. The number of nitrogens with two attached hydrogens (primary N) is 1. The zero-order valence-corrected chi connectivity index (χ0v) is 7.80. The van der Waals surface area contributed by atoms with Crippen molar-refractivity contribution >= 4 is 17.7 Å². The Balaban J connectivity index is 2.08. The van der Waals surface area contributed by atoms with E-state index in [4.69, 9.17) is 10.5 Å². The fourth-order valence-corrected chi connectivity index (χ4v) is 1.77. The van der Waals surface area contributed by atoms with Crippen LogP contribution in [0.3, 0.4) is 0 Å². The number of hydrogen-bond acceptors (Lipinski definition) is 5. The van der Waals surface area contributed by atoms with Crippen molar-refractivity contribution in [2.45, 2.75) is 11.3 Å². The van der Waals surface area contributed by atoms with Gasteiger partial charge < -0.3 is 15.2 Å². The number of methoxy groups -OCH3 is 1. The van der Waals surface area contributed by atoms with E-state index < -0.39 is 6.04 Å². The summed E-state index contributed by atoms with van der Waals surface area (Å²) >= 11 is 1.66. The summed E-state index contributed by atoms with van der Waals surface area (Å²) in [6, 6.07) is -0.499. The van der Waals surface area contributed by atoms with E-state index in [-0.39, 0.29) is 5.97 Å². The van der Waals surface area contributed by atoms with E-state index in [0.717, 1.165) is 13.2 Å². The van der Waals surface area contributed by atoms with Gasteiger partial charge in [-0.15, -0.1) is 0 Å². The lowest BCUT2D eigenvalue weighted by Crippen LogP contribution is -2.37. The molecule has 0 radical (unpaired) electrons. The maximum atomic E-state index is 10.8. The van der Waals surface area contributed by atoms with Crippen LogP contribution in [0.5, 0.6) is 0 Å². The second-order valence-electron chi connectivity index (χ2n) is 2.62. The van der Waals surface area contributed by atoms with Gasteiger partial charge in [0.1, 0.15) is 6.04 Å². The van der Waals surface area contributed by atoms with Crippen LogP contribution in [0.2, 0.25) is 0 Å². The van der Waals surface area contributed by atoms with Crippen LogP contribution in [0.15, 0.2) is 0 Å². The minimum absolute atomic E-state index is 0.345. The van der Waals surface area contributed by atoms with Gasteiger partial charge in [-0.3, -0.25) is 4.79 Å². The molecule has 1 atom stereocenters. The normalized spacial score (nSPS) is 19.8. The number of carbonyl (C=O) groups excluding carboxylic acids is 1. The fraction of sp³-hybridized carbons (Fsp3) is 0.857. The second-order valence-corrected chi connectivity index (χ2v) is 3.96. The molecule has 1 aliphatic rings. The van der Waals surface area contributed by atoms with E-state index in [1.165, 1.54) is 7.11 Å². The monoisotopic (exact) mass is 191 g/mol. The SMILES string of the molecule is COC(=O)C(N)CSC1COC1. The molecule has 1 unspecified atom stereocenters. The van der Waals surface area contributed by atoms with Gasteiger partial charge in [0, 0.05) is 5.75 Å². The molecular weight excluding hydrogens is 178 g/mol. The highest BCUT2D eigenvalue weighted by molar-refractivity contribution is 8.00. The zero-order valence-electron chi connectivity index (χ0n) is 6.99. The van der Waals surface area contributed by atoms with Crippen LogP contribution < -0.4 is 5.73 Å². The summed E-state index contributed by atoms with van der Waals surface area (Å²) in [6.45, 7) is 1.55. The Morgan fingerprint density at radius 2 is 2.50 bits per heavy atom. The molecule has 0 saturated carbocycles. The second kappa shape index (κ2) is 4.69. The Bertz CT molecular complexity index is 161. The third-order valence-electron chi connectivity index (χ3n) is 1.62. The number of ether oxygens (including phenoxy) is 2. The maximum Gasteiger partial charge on any atom is 0.323 e. The first-order valence-electron chi connectivity index (χ1n) is 3.76. The van der Waals surface area contributed by atoms with Crippen LogP contribution in [0.1, 0.15) is 0 Å². The van der Waals surface area contributed by atoms with Crippen LogP contribution in [-0.4, -0.2) is 43.3 Å². The van der Waals surface area contributed by atoms with Crippen LogP contribution in [0, 0.1) is 0 Å². The maximum absolute atomic E-state index is 10.8. The fourth-order valence-electron chi connectivity index (χ4n) is 0.769. The van der Waals surface area contributed by atoms with Crippen LogP contribution in [-0.2, 0) is 14.3 Å². The van der Waals surface area contributed by atoms with Gasteiger partial charge >= 0.3 is 5.97 Å². The molecule has 0 amide bonds. The van der Waals surface area contributed by atoms with Gasteiger partial charge in [-0.05, 0) is 0 Å². The molecule has 0 spiro atoms. The van der Waals surface area contributed by atoms with Crippen molar-refractivity contribution < 1.29 is 14.3 Å². The highest BCUT2D eigenvalue weighted by atomic mass is 32.2. The third-order valence-corrected chi connectivity index (χ3v) is 2.92. The highest BCUT2D eigenvalue weighted by Gasteiger charge is 2.22. The summed E-state index contributed by atoms with van der Waals surface area (Å²) < 4.78 is 9.46. The molecule has 1 rings (SSSR count). The van der Waals surface area contributed by atoms with Crippen LogP contribution >= 0.6 is 11.8 Å². The average molecular weight is 191 g/mol. The van der Waals surface area contributed by atoms with Gasteiger partial charge in [0.05, 0.1) is 25.6 Å². The lowest BCUT2D eigenvalue weighted by Gasteiger charge is -2.25. The Hall–Kier alpha value is -0.260. The first-order valence-corrected chi connectivity index (χ1v) is 4.81. The molecule has 4 nitrogen and oxygen atoms in total. The molecular formula is C7H13NO3S. The highest BCUT2D eigenvalue weighted by Crippen LogP contribution is 2.19. The van der Waals surface area contributed by atoms with E-state index in [9.17, 15) is 4.79 Å².